The molecule has 160 valence electrons. The Bertz CT molecular complexity index is 1000. The van der Waals surface area contributed by atoms with E-state index in [0.29, 0.717) is 30.0 Å². The van der Waals surface area contributed by atoms with E-state index in [0.717, 1.165) is 12.8 Å². The van der Waals surface area contributed by atoms with Crippen molar-refractivity contribution in [3.63, 3.8) is 0 Å². The van der Waals surface area contributed by atoms with E-state index < -0.39 is 27.8 Å². The SMILES string of the molecule is COc1ccc(NS(=O)(=O)c2ccc(NC(=O)[C@@H]3CCCC[C@H]3C(=O)O)cc2)cc1. The fraction of sp³-hybridized carbons (Fsp3) is 0.333. The normalized spacial score (nSPS) is 19.0. The molecule has 8 nitrogen and oxygen atoms in total. The van der Waals surface area contributed by atoms with Crippen molar-refractivity contribution in [1.82, 2.24) is 0 Å². The summed E-state index contributed by atoms with van der Waals surface area (Å²) >= 11 is 0. The van der Waals surface area contributed by atoms with E-state index >= 15 is 0 Å². The minimum Gasteiger partial charge on any atom is -0.497 e. The number of nitrogens with one attached hydrogen (secondary N) is 2. The first kappa shape index (κ1) is 21.6. The van der Waals surface area contributed by atoms with E-state index in [1.165, 1.54) is 31.4 Å². The number of hydrogen-bond acceptors (Lipinski definition) is 5. The second kappa shape index (κ2) is 9.17. The molecule has 2 atom stereocenters. The van der Waals surface area contributed by atoms with Crippen LogP contribution < -0.4 is 14.8 Å². The van der Waals surface area contributed by atoms with Crippen LogP contribution in [0.1, 0.15) is 25.7 Å². The highest BCUT2D eigenvalue weighted by atomic mass is 32.2. The topological polar surface area (TPSA) is 122 Å². The van der Waals surface area contributed by atoms with E-state index in [4.69, 9.17) is 4.74 Å². The summed E-state index contributed by atoms with van der Waals surface area (Å²) in [5.74, 6) is -1.97. The molecule has 9 heteroatoms. The van der Waals surface area contributed by atoms with E-state index in [1.54, 1.807) is 24.3 Å². The highest BCUT2D eigenvalue weighted by Gasteiger charge is 2.35. The third kappa shape index (κ3) is 5.10. The minimum atomic E-state index is -3.80. The summed E-state index contributed by atoms with van der Waals surface area (Å²) in [7, 11) is -2.28. The van der Waals surface area contributed by atoms with Crippen LogP contribution in [0.2, 0.25) is 0 Å². The second-order valence-corrected chi connectivity index (χ2v) is 8.87. The first-order valence-corrected chi connectivity index (χ1v) is 11.1. The molecule has 0 radical (unpaired) electrons. The zero-order valence-electron chi connectivity index (χ0n) is 16.5. The molecular weight excluding hydrogens is 408 g/mol. The van der Waals surface area contributed by atoms with Crippen LogP contribution in [0.3, 0.4) is 0 Å². The summed E-state index contributed by atoms with van der Waals surface area (Å²) in [6.07, 6.45) is 2.63. The maximum atomic E-state index is 12.6. The van der Waals surface area contributed by atoms with Crippen molar-refractivity contribution in [1.29, 1.82) is 0 Å². The van der Waals surface area contributed by atoms with E-state index in [9.17, 15) is 23.1 Å². The van der Waals surface area contributed by atoms with Crippen molar-refractivity contribution in [3.8, 4) is 5.75 Å². The number of carbonyl (C=O) groups is 2. The van der Waals surface area contributed by atoms with Gasteiger partial charge in [0.1, 0.15) is 5.75 Å². The number of methoxy groups -OCH3 is 1. The number of anilines is 2. The molecule has 0 heterocycles. The van der Waals surface area contributed by atoms with Crippen LogP contribution in [-0.4, -0.2) is 32.5 Å². The Kier molecular flexibility index (Phi) is 6.61. The van der Waals surface area contributed by atoms with E-state index in [-0.39, 0.29) is 10.8 Å². The van der Waals surface area contributed by atoms with Crippen LogP contribution in [0.5, 0.6) is 5.75 Å². The van der Waals surface area contributed by atoms with Crippen molar-refractivity contribution in [2.45, 2.75) is 30.6 Å². The van der Waals surface area contributed by atoms with Gasteiger partial charge in [-0.05, 0) is 61.4 Å². The van der Waals surface area contributed by atoms with Gasteiger partial charge in [0.2, 0.25) is 5.91 Å². The van der Waals surface area contributed by atoms with Crippen LogP contribution in [0.4, 0.5) is 11.4 Å². The van der Waals surface area contributed by atoms with Gasteiger partial charge in [-0.1, -0.05) is 12.8 Å². The van der Waals surface area contributed by atoms with Gasteiger partial charge >= 0.3 is 5.97 Å². The quantitative estimate of drug-likeness (QED) is 0.617. The van der Waals surface area contributed by atoms with Gasteiger partial charge in [0.15, 0.2) is 0 Å². The van der Waals surface area contributed by atoms with Gasteiger partial charge < -0.3 is 15.2 Å². The first-order chi connectivity index (χ1) is 14.3. The van der Waals surface area contributed by atoms with Crippen LogP contribution in [0.25, 0.3) is 0 Å². The Morgan fingerprint density at radius 3 is 2.07 bits per heavy atom. The summed E-state index contributed by atoms with van der Waals surface area (Å²) in [5.41, 5.74) is 0.809. The lowest BCUT2D eigenvalue weighted by molar-refractivity contribution is -0.147. The largest absolute Gasteiger partial charge is 0.497 e. The summed E-state index contributed by atoms with van der Waals surface area (Å²) in [4.78, 5) is 24.0. The molecule has 0 saturated heterocycles. The molecule has 1 fully saturated rings. The lowest BCUT2D eigenvalue weighted by atomic mass is 9.78. The molecule has 0 unspecified atom stereocenters. The van der Waals surface area contributed by atoms with Crippen LogP contribution in [0, 0.1) is 11.8 Å². The molecule has 3 rings (SSSR count). The second-order valence-electron chi connectivity index (χ2n) is 7.18. The molecule has 0 spiro atoms. The average molecular weight is 432 g/mol. The number of hydrogen-bond donors (Lipinski definition) is 3. The standard InChI is InChI=1S/C21H24N2O6S/c1-29-16-10-6-15(7-11-16)23-30(27,28)17-12-8-14(9-13-17)22-20(24)18-4-2-3-5-19(18)21(25)26/h6-13,18-19,23H,2-5H2,1H3,(H,22,24)(H,25,26)/t18-,19-/m1/s1. The third-order valence-electron chi connectivity index (χ3n) is 5.19. The van der Waals surface area contributed by atoms with Gasteiger partial charge in [0, 0.05) is 11.4 Å². The van der Waals surface area contributed by atoms with E-state index in [2.05, 4.69) is 10.0 Å². The van der Waals surface area contributed by atoms with Gasteiger partial charge in [-0.2, -0.15) is 0 Å². The predicted octanol–water partition coefficient (Wildman–Crippen LogP) is 3.33. The molecule has 2 aromatic rings. The zero-order valence-corrected chi connectivity index (χ0v) is 17.3. The molecule has 0 aliphatic heterocycles. The maximum Gasteiger partial charge on any atom is 0.307 e. The van der Waals surface area contributed by atoms with Gasteiger partial charge in [0.25, 0.3) is 10.0 Å². The fourth-order valence-electron chi connectivity index (χ4n) is 3.57. The average Bonchev–Trinajstić information content (AvgIpc) is 2.74. The summed E-state index contributed by atoms with van der Waals surface area (Å²) in [5, 5.41) is 12.0. The molecule has 1 aliphatic rings. The van der Waals surface area contributed by atoms with E-state index in [1.807, 2.05) is 0 Å². The monoisotopic (exact) mass is 432 g/mol. The number of amides is 1. The minimum absolute atomic E-state index is 0.0393. The molecule has 1 amide bonds. The van der Waals surface area contributed by atoms with Crippen molar-refractivity contribution >= 4 is 33.3 Å². The van der Waals surface area contributed by atoms with Gasteiger partial charge in [-0.15, -0.1) is 0 Å². The maximum absolute atomic E-state index is 12.6. The molecule has 2 aromatic carbocycles. The van der Waals surface area contributed by atoms with Crippen LogP contribution >= 0.6 is 0 Å². The van der Waals surface area contributed by atoms with Crippen molar-refractivity contribution in [2.75, 3.05) is 17.1 Å². The summed E-state index contributed by atoms with van der Waals surface area (Å²) in [6.45, 7) is 0. The lowest BCUT2D eigenvalue weighted by Crippen LogP contribution is -2.36. The van der Waals surface area contributed by atoms with Crippen molar-refractivity contribution in [3.05, 3.63) is 48.5 Å². The Morgan fingerprint density at radius 1 is 0.933 bits per heavy atom. The molecule has 1 aliphatic carbocycles. The van der Waals surface area contributed by atoms with Crippen molar-refractivity contribution in [2.24, 2.45) is 11.8 Å². The third-order valence-corrected chi connectivity index (χ3v) is 6.59. The van der Waals surface area contributed by atoms with Gasteiger partial charge in [-0.3, -0.25) is 14.3 Å². The summed E-state index contributed by atoms with van der Waals surface area (Å²) < 4.78 is 32.6. The Morgan fingerprint density at radius 2 is 1.50 bits per heavy atom. The highest BCUT2D eigenvalue weighted by molar-refractivity contribution is 7.92. The molecule has 30 heavy (non-hydrogen) atoms. The lowest BCUT2D eigenvalue weighted by Gasteiger charge is -2.27. The molecule has 1 saturated carbocycles. The number of rotatable bonds is 7. The fourth-order valence-corrected chi connectivity index (χ4v) is 4.62. The number of carbonyl (C=O) groups excluding carboxylic acids is 1. The number of carboxylic acids is 1. The molecule has 3 N–H and O–H groups in total. The smallest absolute Gasteiger partial charge is 0.307 e. The number of aliphatic carboxylic acids is 1. The summed E-state index contributed by atoms with van der Waals surface area (Å²) in [6, 6.07) is 12.2. The molecular formula is C21H24N2O6S. The Hall–Kier alpha value is -3.07. The molecule has 0 bridgehead atoms. The first-order valence-electron chi connectivity index (χ1n) is 9.61. The number of sulfonamides is 1. The highest BCUT2D eigenvalue weighted by Crippen LogP contribution is 2.31. The molecule has 0 aromatic heterocycles. The van der Waals surface area contributed by atoms with Gasteiger partial charge in [-0.25, -0.2) is 8.42 Å². The Labute approximate surface area is 175 Å². The van der Waals surface area contributed by atoms with Gasteiger partial charge in [0.05, 0.1) is 23.8 Å². The van der Waals surface area contributed by atoms with Crippen LogP contribution in [-0.2, 0) is 19.6 Å². The van der Waals surface area contributed by atoms with Crippen LogP contribution in [0.15, 0.2) is 53.4 Å². The predicted molar refractivity (Wildman–Crippen MR) is 112 cm³/mol. The zero-order chi connectivity index (χ0) is 21.7. The van der Waals surface area contributed by atoms with Crippen molar-refractivity contribution < 1.29 is 27.9 Å². The Balaban J connectivity index is 1.67. The number of benzene rings is 2. The number of ether oxygens (including phenoxy) is 1. The number of carboxylic acid groups (broad SMARTS) is 1.